The Hall–Kier alpha value is -5.13. The van der Waals surface area contributed by atoms with Crippen LogP contribution in [0.4, 0.5) is 29.5 Å². The van der Waals surface area contributed by atoms with Crippen molar-refractivity contribution in [3.8, 4) is 0 Å². The SMILES string of the molecule is C[C@@H](O)[C@@H]1C(=O)N2C(C(=O)O)=C(COC(=O)NC3CNCC3[N@+]3(c4ccc(F)cc4F)C=C(C(=O)O)C(=O)c4cc(F)cnc43)[C@H](C)[C@H]12. The summed E-state index contributed by atoms with van der Waals surface area (Å²) >= 11 is 0. The molecular formula is C31H29F3N5O9+. The minimum atomic E-state index is -1.70. The number of Topliss-reactive ketones (excluding diaryl/α,β-unsaturated/α-hetero) is 1. The first-order valence-corrected chi connectivity index (χ1v) is 14.8. The van der Waals surface area contributed by atoms with Crippen LogP contribution < -0.4 is 15.1 Å². The van der Waals surface area contributed by atoms with Crippen LogP contribution in [0.15, 0.2) is 53.5 Å². The molecular weight excluding hydrogens is 643 g/mol. The molecule has 2 amide bonds. The number of carbonyl (C=O) groups is 5. The van der Waals surface area contributed by atoms with Gasteiger partial charge in [-0.15, -0.1) is 0 Å². The molecule has 2 saturated heterocycles. The Kier molecular flexibility index (Phi) is 8.09. The van der Waals surface area contributed by atoms with Gasteiger partial charge < -0.3 is 35.6 Å². The molecule has 252 valence electrons. The Bertz CT molecular complexity index is 1850. The minimum absolute atomic E-state index is 0.00317. The predicted octanol–water partition coefficient (Wildman–Crippen LogP) is 1.57. The Morgan fingerprint density at radius 2 is 1.85 bits per heavy atom. The third-order valence-corrected chi connectivity index (χ3v) is 9.43. The standard InChI is InChI=1S/C31H28F3N5O9/c1-12-18(25(30(45)46)38-24(12)23(13(2)40)28(38)42)11-48-31(47)37-20-8-35-9-22(20)39(21-4-3-14(32)6-19(21)34)10-17(29(43)44)26(41)16-5-15(33)7-36-27(16)39/h3-7,10,12-13,20,22-24,35,40H,8-9,11H2,1-2H3,(H2-,37,43,44,45,46,47)/p+1/t12-,13+,20?,22?,23-,24+,39+/m0/s1. The van der Waals surface area contributed by atoms with E-state index in [1.165, 1.54) is 6.92 Å². The van der Waals surface area contributed by atoms with Gasteiger partial charge in [0.15, 0.2) is 17.1 Å². The Labute approximate surface area is 269 Å². The molecule has 6 rings (SSSR count). The fraction of sp³-hybridized carbons (Fsp3) is 0.355. The molecule has 48 heavy (non-hydrogen) atoms. The van der Waals surface area contributed by atoms with Crippen LogP contribution in [0.5, 0.6) is 0 Å². The molecule has 2 unspecified atom stereocenters. The number of alkyl carbamates (subject to hydrolysis) is 1. The molecule has 2 fully saturated rings. The third kappa shape index (κ3) is 4.92. The van der Waals surface area contributed by atoms with E-state index in [0.717, 1.165) is 35.5 Å². The molecule has 2 aromatic rings. The van der Waals surface area contributed by atoms with E-state index in [9.17, 15) is 48.1 Å². The number of benzene rings is 1. The van der Waals surface area contributed by atoms with Crippen LogP contribution in [-0.2, 0) is 19.1 Å². The molecule has 5 N–H and O–H groups in total. The molecule has 14 nitrogen and oxygen atoms in total. The Morgan fingerprint density at radius 1 is 1.12 bits per heavy atom. The number of aliphatic hydroxyl groups excluding tert-OH is 1. The van der Waals surface area contributed by atoms with Crippen LogP contribution in [0.25, 0.3) is 0 Å². The summed E-state index contributed by atoms with van der Waals surface area (Å²) < 4.78 is 48.6. The first-order valence-electron chi connectivity index (χ1n) is 14.8. The van der Waals surface area contributed by atoms with Crippen molar-refractivity contribution in [2.24, 2.45) is 11.8 Å². The van der Waals surface area contributed by atoms with Gasteiger partial charge in [-0.2, -0.15) is 0 Å². The highest BCUT2D eigenvalue weighted by atomic mass is 19.1. The highest BCUT2D eigenvalue weighted by Crippen LogP contribution is 2.48. The lowest BCUT2D eigenvalue weighted by Gasteiger charge is -2.46. The molecule has 0 saturated carbocycles. The van der Waals surface area contributed by atoms with Crippen molar-refractivity contribution in [1.82, 2.24) is 25.0 Å². The van der Waals surface area contributed by atoms with Crippen molar-refractivity contribution in [2.75, 3.05) is 19.7 Å². The number of ether oxygens (including phenoxy) is 1. The number of rotatable bonds is 8. The fourth-order valence-corrected chi connectivity index (χ4v) is 7.32. The van der Waals surface area contributed by atoms with Gasteiger partial charge in [0.05, 0.1) is 36.8 Å². The molecule has 7 atom stereocenters. The topological polar surface area (TPSA) is 195 Å². The van der Waals surface area contributed by atoms with E-state index >= 15 is 4.39 Å². The highest BCUT2D eigenvalue weighted by molar-refractivity contribution is 6.26. The van der Waals surface area contributed by atoms with Crippen LogP contribution in [-0.4, -0.2) is 98.9 Å². The first kappa shape index (κ1) is 32.8. The van der Waals surface area contributed by atoms with Gasteiger partial charge in [-0.25, -0.2) is 37.0 Å². The van der Waals surface area contributed by atoms with Gasteiger partial charge in [-0.3, -0.25) is 9.59 Å². The number of hydrogen-bond donors (Lipinski definition) is 5. The molecule has 0 radical (unpaired) electrons. The van der Waals surface area contributed by atoms with Crippen LogP contribution in [0, 0.1) is 29.3 Å². The summed E-state index contributed by atoms with van der Waals surface area (Å²) in [4.78, 5) is 68.6. The van der Waals surface area contributed by atoms with Gasteiger partial charge in [0, 0.05) is 30.2 Å². The second kappa shape index (κ2) is 11.8. The molecule has 4 aliphatic rings. The Morgan fingerprint density at radius 3 is 2.50 bits per heavy atom. The number of aliphatic hydroxyl groups is 1. The number of carbonyl (C=O) groups excluding carboxylic acids is 3. The summed E-state index contributed by atoms with van der Waals surface area (Å²) in [5.74, 6) is -9.54. The van der Waals surface area contributed by atoms with Gasteiger partial charge in [-0.05, 0) is 19.1 Å². The Balaban J connectivity index is 1.35. The second-order valence-electron chi connectivity index (χ2n) is 12.1. The monoisotopic (exact) mass is 672 g/mol. The van der Waals surface area contributed by atoms with Crippen molar-refractivity contribution in [3.63, 3.8) is 0 Å². The van der Waals surface area contributed by atoms with Gasteiger partial charge in [0.25, 0.3) is 0 Å². The molecule has 0 spiro atoms. The van der Waals surface area contributed by atoms with Crippen LogP contribution in [0.3, 0.4) is 0 Å². The summed E-state index contributed by atoms with van der Waals surface area (Å²) in [6, 6.07) is 0.524. The number of aliphatic carboxylic acids is 2. The number of hydrogen-bond acceptors (Lipinski definition) is 9. The predicted molar refractivity (Wildman–Crippen MR) is 157 cm³/mol. The number of carboxylic acid groups (broad SMARTS) is 2. The molecule has 17 heteroatoms. The number of nitrogens with one attached hydrogen (secondary N) is 2. The molecule has 4 aliphatic heterocycles. The zero-order chi connectivity index (χ0) is 34.8. The molecule has 1 aromatic carbocycles. The molecule has 1 aromatic heterocycles. The van der Waals surface area contributed by atoms with Crippen molar-refractivity contribution >= 4 is 41.2 Å². The third-order valence-electron chi connectivity index (χ3n) is 9.43. The number of aromatic nitrogens is 1. The summed E-state index contributed by atoms with van der Waals surface area (Å²) in [5.41, 5.74) is -1.89. The van der Waals surface area contributed by atoms with Gasteiger partial charge in [-0.1, -0.05) is 6.92 Å². The lowest BCUT2D eigenvalue weighted by Crippen LogP contribution is -2.63. The van der Waals surface area contributed by atoms with Crippen LogP contribution in [0.1, 0.15) is 24.2 Å². The molecule has 5 heterocycles. The number of β-lactam (4-membered cyclic amide) rings is 1. The van der Waals surface area contributed by atoms with Crippen molar-refractivity contribution in [2.45, 2.75) is 38.1 Å². The largest absolute Gasteiger partial charge is 0.477 e. The number of nitrogens with zero attached hydrogens (tertiary/aromatic N) is 3. The average Bonchev–Trinajstić information content (AvgIpc) is 3.57. The van der Waals surface area contributed by atoms with E-state index in [0.29, 0.717) is 6.07 Å². The first-order chi connectivity index (χ1) is 22.7. The molecule has 0 bridgehead atoms. The summed E-state index contributed by atoms with van der Waals surface area (Å²) in [5, 5.41) is 35.5. The minimum Gasteiger partial charge on any atom is -0.477 e. The smallest absolute Gasteiger partial charge is 0.407 e. The maximum Gasteiger partial charge on any atom is 0.407 e. The van der Waals surface area contributed by atoms with Gasteiger partial charge in [0.1, 0.15) is 41.7 Å². The van der Waals surface area contributed by atoms with Gasteiger partial charge in [0.2, 0.25) is 17.5 Å². The van der Waals surface area contributed by atoms with E-state index in [4.69, 9.17) is 4.74 Å². The van der Waals surface area contributed by atoms with E-state index in [2.05, 4.69) is 15.6 Å². The zero-order valence-corrected chi connectivity index (χ0v) is 25.3. The number of amides is 2. The van der Waals surface area contributed by atoms with E-state index in [-0.39, 0.29) is 35.9 Å². The van der Waals surface area contributed by atoms with E-state index < -0.39 is 105 Å². The summed E-state index contributed by atoms with van der Waals surface area (Å²) in [7, 11) is 0. The van der Waals surface area contributed by atoms with E-state index in [1.807, 2.05) is 0 Å². The number of pyridine rings is 1. The van der Waals surface area contributed by atoms with Crippen molar-refractivity contribution in [1.29, 1.82) is 0 Å². The van der Waals surface area contributed by atoms with Crippen molar-refractivity contribution < 1.29 is 57.2 Å². The fourth-order valence-electron chi connectivity index (χ4n) is 7.32. The molecule has 0 aliphatic carbocycles. The second-order valence-corrected chi connectivity index (χ2v) is 12.1. The number of ketones is 1. The average molecular weight is 673 g/mol. The summed E-state index contributed by atoms with van der Waals surface area (Å²) in [6.07, 6.45) is -0.419. The maximum absolute atomic E-state index is 15.7. The van der Waals surface area contributed by atoms with Crippen LogP contribution in [0.2, 0.25) is 0 Å². The van der Waals surface area contributed by atoms with Crippen LogP contribution >= 0.6 is 0 Å². The number of quaternary nitrogens is 1. The number of halogens is 3. The lowest BCUT2D eigenvalue weighted by molar-refractivity contribution is -0.163. The summed E-state index contributed by atoms with van der Waals surface area (Å²) in [6.45, 7) is 2.47. The quantitative estimate of drug-likeness (QED) is 0.155. The lowest BCUT2D eigenvalue weighted by atomic mass is 9.78. The normalized spacial score (nSPS) is 28.3. The van der Waals surface area contributed by atoms with Crippen molar-refractivity contribution in [3.05, 3.63) is 76.5 Å². The van der Waals surface area contributed by atoms with E-state index in [1.54, 1.807) is 6.92 Å². The van der Waals surface area contributed by atoms with Gasteiger partial charge >= 0.3 is 18.0 Å². The highest BCUT2D eigenvalue weighted by Gasteiger charge is 2.60. The number of fused-ring (bicyclic) bond motifs is 2. The zero-order valence-electron chi connectivity index (χ0n) is 25.3. The number of carboxylic acids is 2. The maximum atomic E-state index is 15.7.